The van der Waals surface area contributed by atoms with Gasteiger partial charge in [0.25, 0.3) is 5.89 Å². The van der Waals surface area contributed by atoms with E-state index in [-0.39, 0.29) is 6.54 Å². The summed E-state index contributed by atoms with van der Waals surface area (Å²) in [5, 5.41) is 16.9. The molecule has 0 radical (unpaired) electrons. The molecular formula is C15H9BrClN7O. The molecule has 8 nitrogen and oxygen atoms in total. The minimum atomic E-state index is 0.242. The van der Waals surface area contributed by atoms with Gasteiger partial charge in [-0.25, -0.2) is 0 Å². The summed E-state index contributed by atoms with van der Waals surface area (Å²) in [6, 6.07) is 9.01. The van der Waals surface area contributed by atoms with Crippen LogP contribution in [0.3, 0.4) is 0 Å². The summed E-state index contributed by atoms with van der Waals surface area (Å²) in [5.74, 6) is 1.32. The van der Waals surface area contributed by atoms with Crippen LogP contribution in [0.4, 0.5) is 0 Å². The molecule has 4 aromatic rings. The zero-order valence-electron chi connectivity index (χ0n) is 12.5. The zero-order valence-corrected chi connectivity index (χ0v) is 14.9. The second-order valence-electron chi connectivity index (χ2n) is 5.06. The predicted molar refractivity (Wildman–Crippen MR) is 92.6 cm³/mol. The monoisotopic (exact) mass is 417 g/mol. The van der Waals surface area contributed by atoms with Gasteiger partial charge in [0.05, 0.1) is 0 Å². The molecule has 0 fully saturated rings. The van der Waals surface area contributed by atoms with Crippen molar-refractivity contribution in [3.8, 4) is 22.8 Å². The van der Waals surface area contributed by atoms with E-state index in [0.717, 1.165) is 15.6 Å². The number of rotatable bonds is 4. The van der Waals surface area contributed by atoms with E-state index in [0.29, 0.717) is 22.6 Å². The molecule has 25 heavy (non-hydrogen) atoms. The van der Waals surface area contributed by atoms with Crippen molar-refractivity contribution in [3.63, 3.8) is 0 Å². The van der Waals surface area contributed by atoms with Gasteiger partial charge in [0.2, 0.25) is 5.82 Å². The molecule has 3 aromatic heterocycles. The SMILES string of the molecule is Clc1ccc(-c2nc(Cn3nnc(-c4cncc(Br)c4)n3)no2)cc1. The molecule has 0 aliphatic carbocycles. The fourth-order valence-corrected chi connectivity index (χ4v) is 2.61. The summed E-state index contributed by atoms with van der Waals surface area (Å²) < 4.78 is 6.10. The number of hydrogen-bond acceptors (Lipinski definition) is 7. The van der Waals surface area contributed by atoms with Crippen molar-refractivity contribution in [2.75, 3.05) is 0 Å². The Bertz CT molecular complexity index is 1010. The Balaban J connectivity index is 1.52. The van der Waals surface area contributed by atoms with Crippen LogP contribution in [-0.4, -0.2) is 35.3 Å². The van der Waals surface area contributed by atoms with Crippen molar-refractivity contribution >= 4 is 27.5 Å². The molecule has 124 valence electrons. The van der Waals surface area contributed by atoms with Crippen LogP contribution in [0.2, 0.25) is 5.02 Å². The van der Waals surface area contributed by atoms with Crippen LogP contribution in [0.1, 0.15) is 5.82 Å². The molecule has 4 rings (SSSR count). The van der Waals surface area contributed by atoms with Crippen LogP contribution in [0, 0.1) is 0 Å². The van der Waals surface area contributed by atoms with Gasteiger partial charge < -0.3 is 4.52 Å². The van der Waals surface area contributed by atoms with Crippen molar-refractivity contribution < 1.29 is 4.52 Å². The lowest BCUT2D eigenvalue weighted by Crippen LogP contribution is -2.05. The molecule has 0 unspecified atom stereocenters. The molecule has 0 bridgehead atoms. The van der Waals surface area contributed by atoms with E-state index in [1.54, 1.807) is 24.5 Å². The van der Waals surface area contributed by atoms with Gasteiger partial charge in [-0.2, -0.15) is 9.78 Å². The van der Waals surface area contributed by atoms with Gasteiger partial charge in [0, 0.05) is 33.0 Å². The van der Waals surface area contributed by atoms with E-state index < -0.39 is 0 Å². The molecule has 0 saturated carbocycles. The van der Waals surface area contributed by atoms with Gasteiger partial charge in [0.15, 0.2) is 5.82 Å². The third kappa shape index (κ3) is 3.57. The highest BCUT2D eigenvalue weighted by Gasteiger charge is 2.12. The van der Waals surface area contributed by atoms with Crippen molar-refractivity contribution in [2.45, 2.75) is 6.54 Å². The fraction of sp³-hybridized carbons (Fsp3) is 0.0667. The average Bonchev–Trinajstić information content (AvgIpc) is 3.26. The molecule has 0 N–H and O–H groups in total. The summed E-state index contributed by atoms with van der Waals surface area (Å²) in [4.78, 5) is 9.81. The number of halogens is 2. The second kappa shape index (κ2) is 6.69. The zero-order chi connectivity index (χ0) is 17.2. The van der Waals surface area contributed by atoms with E-state index >= 15 is 0 Å². The lowest BCUT2D eigenvalue weighted by atomic mass is 10.2. The Morgan fingerprint density at radius 2 is 1.96 bits per heavy atom. The van der Waals surface area contributed by atoms with Crippen molar-refractivity contribution in [3.05, 3.63) is 58.0 Å². The first-order valence-corrected chi connectivity index (χ1v) is 8.32. The molecule has 10 heteroatoms. The van der Waals surface area contributed by atoms with Crippen molar-refractivity contribution in [2.24, 2.45) is 0 Å². The van der Waals surface area contributed by atoms with E-state index in [9.17, 15) is 0 Å². The van der Waals surface area contributed by atoms with Crippen LogP contribution in [0.25, 0.3) is 22.8 Å². The van der Waals surface area contributed by atoms with Gasteiger partial charge >= 0.3 is 0 Å². The predicted octanol–water partition coefficient (Wildman–Crippen LogP) is 3.25. The van der Waals surface area contributed by atoms with E-state index in [1.807, 2.05) is 18.2 Å². The van der Waals surface area contributed by atoms with Crippen molar-refractivity contribution in [1.82, 2.24) is 35.3 Å². The maximum absolute atomic E-state index is 5.87. The van der Waals surface area contributed by atoms with Crippen LogP contribution < -0.4 is 0 Å². The summed E-state index contributed by atoms with van der Waals surface area (Å²) in [6.07, 6.45) is 3.35. The lowest BCUT2D eigenvalue weighted by Gasteiger charge is -1.94. The van der Waals surface area contributed by atoms with Crippen LogP contribution in [0.5, 0.6) is 0 Å². The third-order valence-electron chi connectivity index (χ3n) is 3.26. The number of tetrazole rings is 1. The number of nitrogens with zero attached hydrogens (tertiary/aromatic N) is 7. The molecule has 3 heterocycles. The standard InChI is InChI=1S/C15H9BrClN7O/c16-11-5-10(6-18-7-11)14-20-23-24(21-14)8-13-19-15(25-22-13)9-1-3-12(17)4-2-9/h1-7H,8H2. The average molecular weight is 419 g/mol. The lowest BCUT2D eigenvalue weighted by molar-refractivity contribution is 0.415. The van der Waals surface area contributed by atoms with Gasteiger partial charge in [-0.05, 0) is 51.5 Å². The summed E-state index contributed by atoms with van der Waals surface area (Å²) in [7, 11) is 0. The third-order valence-corrected chi connectivity index (χ3v) is 3.94. The van der Waals surface area contributed by atoms with Gasteiger partial charge in [0.1, 0.15) is 6.54 Å². The topological polar surface area (TPSA) is 95.4 Å². The number of aromatic nitrogens is 7. The van der Waals surface area contributed by atoms with Crippen LogP contribution in [-0.2, 0) is 6.54 Å². The number of hydrogen-bond donors (Lipinski definition) is 0. The maximum atomic E-state index is 5.87. The summed E-state index contributed by atoms with van der Waals surface area (Å²) in [6.45, 7) is 0.242. The normalized spacial score (nSPS) is 11.0. The second-order valence-corrected chi connectivity index (χ2v) is 6.41. The first-order chi connectivity index (χ1) is 12.2. The molecule has 0 aliphatic heterocycles. The van der Waals surface area contributed by atoms with Gasteiger partial charge in [-0.15, -0.1) is 10.2 Å². The fourth-order valence-electron chi connectivity index (χ4n) is 2.11. The summed E-state index contributed by atoms with van der Waals surface area (Å²) in [5.41, 5.74) is 1.55. The largest absolute Gasteiger partial charge is 0.334 e. The highest BCUT2D eigenvalue weighted by atomic mass is 79.9. The Labute approximate surface area is 155 Å². The first kappa shape index (κ1) is 15.9. The molecule has 0 saturated heterocycles. The first-order valence-electron chi connectivity index (χ1n) is 7.14. The van der Waals surface area contributed by atoms with E-state index in [2.05, 4.69) is 46.5 Å². The summed E-state index contributed by atoms with van der Waals surface area (Å²) >= 11 is 9.24. The Morgan fingerprint density at radius 1 is 1.12 bits per heavy atom. The van der Waals surface area contributed by atoms with Crippen LogP contribution >= 0.6 is 27.5 Å². The molecular weight excluding hydrogens is 410 g/mol. The highest BCUT2D eigenvalue weighted by Crippen LogP contribution is 2.20. The van der Waals surface area contributed by atoms with Gasteiger partial charge in [-0.3, -0.25) is 4.98 Å². The smallest absolute Gasteiger partial charge is 0.257 e. The Kier molecular flexibility index (Phi) is 4.24. The Hall–Kier alpha value is -2.65. The van der Waals surface area contributed by atoms with E-state index in [4.69, 9.17) is 16.1 Å². The Morgan fingerprint density at radius 3 is 2.76 bits per heavy atom. The van der Waals surface area contributed by atoms with Crippen molar-refractivity contribution in [1.29, 1.82) is 0 Å². The number of pyridine rings is 1. The molecule has 1 aromatic carbocycles. The minimum Gasteiger partial charge on any atom is -0.334 e. The molecule has 0 atom stereocenters. The minimum absolute atomic E-state index is 0.242. The molecule has 0 amide bonds. The highest BCUT2D eigenvalue weighted by molar-refractivity contribution is 9.10. The number of benzene rings is 1. The van der Waals surface area contributed by atoms with E-state index in [1.165, 1.54) is 4.80 Å². The molecule has 0 aliphatic rings. The van der Waals surface area contributed by atoms with Gasteiger partial charge in [-0.1, -0.05) is 16.8 Å². The van der Waals surface area contributed by atoms with Crippen LogP contribution in [0.15, 0.2) is 51.7 Å². The quantitative estimate of drug-likeness (QED) is 0.502. The molecule has 0 spiro atoms. The maximum Gasteiger partial charge on any atom is 0.257 e.